The van der Waals surface area contributed by atoms with Crippen molar-refractivity contribution in [1.82, 2.24) is 9.97 Å². The monoisotopic (exact) mass is 389 g/mol. The predicted octanol–water partition coefficient (Wildman–Crippen LogP) is 3.55. The lowest BCUT2D eigenvalue weighted by Crippen LogP contribution is -2.31. The SMILES string of the molecule is Cc1ccc(C(O)=C2C(=O)C(=O)N(c3ncccn3)[C@@H]2c2ccc(F)cc2)cc1. The second kappa shape index (κ2) is 7.27. The third-order valence-electron chi connectivity index (χ3n) is 4.72. The van der Waals surface area contributed by atoms with Crippen LogP contribution in [0.4, 0.5) is 10.3 Å². The first-order valence-electron chi connectivity index (χ1n) is 8.88. The lowest BCUT2D eigenvalue weighted by molar-refractivity contribution is -0.132. The first kappa shape index (κ1) is 18.5. The topological polar surface area (TPSA) is 83.4 Å². The molecule has 29 heavy (non-hydrogen) atoms. The molecule has 7 heteroatoms. The zero-order valence-electron chi connectivity index (χ0n) is 15.4. The molecule has 1 amide bonds. The lowest BCUT2D eigenvalue weighted by Gasteiger charge is -2.23. The first-order valence-corrected chi connectivity index (χ1v) is 8.88. The molecule has 1 aliphatic rings. The molecule has 0 radical (unpaired) electrons. The highest BCUT2D eigenvalue weighted by Crippen LogP contribution is 2.40. The standard InChI is InChI=1S/C22H16FN3O3/c1-13-3-5-15(6-4-13)19(27)17-18(14-7-9-16(23)10-8-14)26(21(29)20(17)28)22-24-11-2-12-25-22/h2-12,18,27H,1H3/t18-/m1/s1. The fraction of sp³-hybridized carbons (Fsp3) is 0.0909. The van der Waals surface area contributed by atoms with E-state index in [1.807, 2.05) is 6.92 Å². The van der Waals surface area contributed by atoms with Crippen LogP contribution in [0.3, 0.4) is 0 Å². The summed E-state index contributed by atoms with van der Waals surface area (Å²) in [6, 6.07) is 12.9. The van der Waals surface area contributed by atoms with Gasteiger partial charge in [0.2, 0.25) is 5.95 Å². The van der Waals surface area contributed by atoms with Crippen molar-refractivity contribution in [3.8, 4) is 0 Å². The molecule has 0 aliphatic carbocycles. The number of halogens is 1. The molecule has 1 saturated heterocycles. The van der Waals surface area contributed by atoms with E-state index in [0.29, 0.717) is 11.1 Å². The molecule has 3 aromatic rings. The molecule has 0 unspecified atom stereocenters. The van der Waals surface area contributed by atoms with Gasteiger partial charge in [0.25, 0.3) is 5.78 Å². The number of aliphatic hydroxyl groups excluding tert-OH is 1. The van der Waals surface area contributed by atoms with Gasteiger partial charge in [-0.05, 0) is 30.7 Å². The van der Waals surface area contributed by atoms with Crippen LogP contribution in [-0.4, -0.2) is 26.8 Å². The van der Waals surface area contributed by atoms with E-state index in [2.05, 4.69) is 9.97 Å². The highest BCUT2D eigenvalue weighted by atomic mass is 19.1. The molecule has 0 bridgehead atoms. The minimum absolute atomic E-state index is 0.0203. The molecule has 1 fully saturated rings. The highest BCUT2D eigenvalue weighted by Gasteiger charge is 2.48. The second-order valence-corrected chi connectivity index (χ2v) is 6.64. The number of ketones is 1. The Balaban J connectivity index is 1.94. The number of aliphatic hydroxyl groups is 1. The van der Waals surface area contributed by atoms with Gasteiger partial charge in [0.15, 0.2) is 0 Å². The Morgan fingerprint density at radius 1 is 1.00 bits per heavy atom. The van der Waals surface area contributed by atoms with Gasteiger partial charge in [0.1, 0.15) is 11.6 Å². The molecule has 2 aromatic carbocycles. The average Bonchev–Trinajstić information content (AvgIpc) is 3.00. The van der Waals surface area contributed by atoms with Crippen LogP contribution in [0.1, 0.15) is 22.7 Å². The average molecular weight is 389 g/mol. The Kier molecular flexibility index (Phi) is 4.64. The predicted molar refractivity (Wildman–Crippen MR) is 104 cm³/mol. The summed E-state index contributed by atoms with van der Waals surface area (Å²) >= 11 is 0. The summed E-state index contributed by atoms with van der Waals surface area (Å²) in [5.41, 5.74) is 1.73. The van der Waals surface area contributed by atoms with Crippen molar-refractivity contribution in [3.63, 3.8) is 0 Å². The number of aryl methyl sites for hydroxylation is 1. The zero-order valence-corrected chi connectivity index (χ0v) is 15.4. The molecule has 144 valence electrons. The molecule has 1 aliphatic heterocycles. The van der Waals surface area contributed by atoms with Crippen LogP contribution >= 0.6 is 0 Å². The van der Waals surface area contributed by atoms with E-state index in [0.717, 1.165) is 10.5 Å². The van der Waals surface area contributed by atoms with Crippen LogP contribution in [0.15, 0.2) is 72.6 Å². The van der Waals surface area contributed by atoms with Gasteiger partial charge in [-0.1, -0.05) is 42.0 Å². The van der Waals surface area contributed by atoms with Gasteiger partial charge in [0, 0.05) is 18.0 Å². The second-order valence-electron chi connectivity index (χ2n) is 6.64. The Hall–Kier alpha value is -3.87. The minimum Gasteiger partial charge on any atom is -0.507 e. The van der Waals surface area contributed by atoms with Crippen LogP contribution in [0.2, 0.25) is 0 Å². The minimum atomic E-state index is -0.987. The van der Waals surface area contributed by atoms with Gasteiger partial charge < -0.3 is 5.11 Å². The molecular weight excluding hydrogens is 373 g/mol. The number of hydrogen-bond donors (Lipinski definition) is 1. The van der Waals surface area contributed by atoms with Crippen molar-refractivity contribution in [2.75, 3.05) is 4.90 Å². The number of hydrogen-bond acceptors (Lipinski definition) is 5. The molecule has 6 nitrogen and oxygen atoms in total. The maximum Gasteiger partial charge on any atom is 0.302 e. The maximum atomic E-state index is 13.5. The molecule has 1 N–H and O–H groups in total. The number of carbonyl (C=O) groups excluding carboxylic acids is 2. The summed E-state index contributed by atoms with van der Waals surface area (Å²) in [4.78, 5) is 35.0. The van der Waals surface area contributed by atoms with Crippen molar-refractivity contribution < 1.29 is 19.1 Å². The summed E-state index contributed by atoms with van der Waals surface area (Å²) in [6.45, 7) is 1.90. The molecule has 1 aromatic heterocycles. The summed E-state index contributed by atoms with van der Waals surface area (Å²) in [5, 5.41) is 10.9. The zero-order chi connectivity index (χ0) is 20.5. The molecule has 0 saturated carbocycles. The van der Waals surface area contributed by atoms with Crippen LogP contribution in [0.5, 0.6) is 0 Å². The summed E-state index contributed by atoms with van der Waals surface area (Å²) in [6.07, 6.45) is 2.90. The van der Waals surface area contributed by atoms with E-state index in [1.165, 1.54) is 36.7 Å². The van der Waals surface area contributed by atoms with E-state index < -0.39 is 23.5 Å². The van der Waals surface area contributed by atoms with E-state index in [9.17, 15) is 19.1 Å². The molecular formula is C22H16FN3O3. The van der Waals surface area contributed by atoms with Gasteiger partial charge in [-0.15, -0.1) is 0 Å². The molecule has 4 rings (SSSR count). The van der Waals surface area contributed by atoms with Crippen LogP contribution in [0, 0.1) is 12.7 Å². The number of Topliss-reactive ketones (excluding diaryl/α,β-unsaturated/α-hetero) is 1. The summed E-state index contributed by atoms with van der Waals surface area (Å²) in [7, 11) is 0. The number of anilines is 1. The lowest BCUT2D eigenvalue weighted by atomic mass is 9.95. The van der Waals surface area contributed by atoms with Crippen molar-refractivity contribution in [1.29, 1.82) is 0 Å². The van der Waals surface area contributed by atoms with Crippen LogP contribution in [0.25, 0.3) is 5.76 Å². The Morgan fingerprint density at radius 3 is 2.24 bits per heavy atom. The number of rotatable bonds is 3. The van der Waals surface area contributed by atoms with Crippen LogP contribution < -0.4 is 4.90 Å². The Bertz CT molecular complexity index is 1110. The first-order chi connectivity index (χ1) is 14.0. The normalized spacial score (nSPS) is 18.3. The molecule has 1 atom stereocenters. The van der Waals surface area contributed by atoms with E-state index in [1.54, 1.807) is 30.3 Å². The molecule has 2 heterocycles. The Labute approximate surface area is 166 Å². The van der Waals surface area contributed by atoms with Gasteiger partial charge >= 0.3 is 5.91 Å². The smallest absolute Gasteiger partial charge is 0.302 e. The van der Waals surface area contributed by atoms with Crippen molar-refractivity contribution >= 4 is 23.4 Å². The number of carbonyl (C=O) groups is 2. The number of benzene rings is 2. The van der Waals surface area contributed by atoms with Gasteiger partial charge in [-0.2, -0.15) is 0 Å². The molecule has 0 spiro atoms. The third-order valence-corrected chi connectivity index (χ3v) is 4.72. The highest BCUT2D eigenvalue weighted by molar-refractivity contribution is 6.51. The quantitative estimate of drug-likeness (QED) is 0.421. The van der Waals surface area contributed by atoms with Gasteiger partial charge in [-0.25, -0.2) is 14.4 Å². The van der Waals surface area contributed by atoms with Crippen LogP contribution in [-0.2, 0) is 9.59 Å². The summed E-state index contributed by atoms with van der Waals surface area (Å²) in [5.74, 6) is -2.47. The maximum absolute atomic E-state index is 13.5. The van der Waals surface area contributed by atoms with E-state index in [4.69, 9.17) is 0 Å². The fourth-order valence-corrected chi connectivity index (χ4v) is 3.28. The fourth-order valence-electron chi connectivity index (χ4n) is 3.28. The van der Waals surface area contributed by atoms with Crippen molar-refractivity contribution in [2.24, 2.45) is 0 Å². The van der Waals surface area contributed by atoms with Crippen molar-refractivity contribution in [3.05, 3.63) is 95.1 Å². The van der Waals surface area contributed by atoms with Gasteiger partial charge in [0.05, 0.1) is 11.6 Å². The number of aromatic nitrogens is 2. The largest absolute Gasteiger partial charge is 0.507 e. The third kappa shape index (κ3) is 3.27. The van der Waals surface area contributed by atoms with E-state index >= 15 is 0 Å². The van der Waals surface area contributed by atoms with E-state index in [-0.39, 0.29) is 17.3 Å². The van der Waals surface area contributed by atoms with Crippen molar-refractivity contribution in [2.45, 2.75) is 13.0 Å². The summed E-state index contributed by atoms with van der Waals surface area (Å²) < 4.78 is 13.5. The number of nitrogens with zero attached hydrogens (tertiary/aromatic N) is 3. The van der Waals surface area contributed by atoms with Gasteiger partial charge in [-0.3, -0.25) is 14.5 Å². The Morgan fingerprint density at radius 2 is 1.62 bits per heavy atom. The number of amides is 1.